The zero-order valence-corrected chi connectivity index (χ0v) is 8.91. The average molecular weight is 264 g/mol. The van der Waals surface area contributed by atoms with Crippen LogP contribution >= 0.6 is 0 Å². The maximum Gasteiger partial charge on any atom is 0.417 e. The summed E-state index contributed by atoms with van der Waals surface area (Å²) in [5.41, 5.74) is -3.33. The van der Waals surface area contributed by atoms with E-state index in [1.165, 1.54) is 0 Å². The summed E-state index contributed by atoms with van der Waals surface area (Å²) in [6.45, 7) is 0. The molecule has 1 rings (SSSR count). The van der Waals surface area contributed by atoms with Crippen molar-refractivity contribution in [3.8, 4) is 5.75 Å². The van der Waals surface area contributed by atoms with Gasteiger partial charge in [0.25, 0.3) is 0 Å². The molecule has 0 atom stereocenters. The van der Waals surface area contributed by atoms with Gasteiger partial charge in [-0.1, -0.05) is 0 Å². The first kappa shape index (κ1) is 13.8. The van der Waals surface area contributed by atoms with Crippen LogP contribution in [0.4, 0.5) is 13.2 Å². The quantitative estimate of drug-likeness (QED) is 0.873. The lowest BCUT2D eigenvalue weighted by Gasteiger charge is -2.15. The molecule has 5 nitrogen and oxygen atoms in total. The molecular weight excluding hydrogens is 257 g/mol. The highest BCUT2D eigenvalue weighted by Gasteiger charge is 2.38. The van der Waals surface area contributed by atoms with Gasteiger partial charge in [0.2, 0.25) is 0 Å². The van der Waals surface area contributed by atoms with Crippen LogP contribution in [0.1, 0.15) is 26.3 Å². The molecule has 0 unspecified atom stereocenters. The number of carboxylic acids is 2. The molecule has 0 spiro atoms. The highest BCUT2D eigenvalue weighted by molar-refractivity contribution is 6.00. The fourth-order valence-corrected chi connectivity index (χ4v) is 1.41. The Hall–Kier alpha value is -2.25. The van der Waals surface area contributed by atoms with Crippen LogP contribution in [0.15, 0.2) is 12.1 Å². The second kappa shape index (κ2) is 4.55. The summed E-state index contributed by atoms with van der Waals surface area (Å²) in [5.74, 6) is -4.32. The molecule has 0 radical (unpaired) electrons. The lowest BCUT2D eigenvalue weighted by Crippen LogP contribution is -2.16. The number of halogens is 3. The van der Waals surface area contributed by atoms with Crippen LogP contribution in [0.25, 0.3) is 0 Å². The van der Waals surface area contributed by atoms with Gasteiger partial charge >= 0.3 is 18.1 Å². The third kappa shape index (κ3) is 2.36. The molecule has 0 bridgehead atoms. The zero-order valence-electron chi connectivity index (χ0n) is 8.91. The minimum Gasteiger partial charge on any atom is -0.495 e. The Balaban J connectivity index is 3.70. The molecule has 2 N–H and O–H groups in total. The summed E-state index contributed by atoms with van der Waals surface area (Å²) in [6, 6.07) is 1.05. The van der Waals surface area contributed by atoms with Gasteiger partial charge < -0.3 is 14.9 Å². The van der Waals surface area contributed by atoms with Crippen molar-refractivity contribution in [2.75, 3.05) is 7.11 Å². The predicted molar refractivity (Wildman–Crippen MR) is 51.9 cm³/mol. The lowest BCUT2D eigenvalue weighted by atomic mass is 10.0. The van der Waals surface area contributed by atoms with E-state index in [-0.39, 0.29) is 0 Å². The Morgan fingerprint density at radius 1 is 1.17 bits per heavy atom. The normalized spacial score (nSPS) is 11.1. The number of methoxy groups -OCH3 is 1. The molecule has 0 aliphatic heterocycles. The number of aromatic carboxylic acids is 2. The van der Waals surface area contributed by atoms with E-state index in [4.69, 9.17) is 10.2 Å². The monoisotopic (exact) mass is 264 g/mol. The maximum atomic E-state index is 12.6. The molecule has 0 amide bonds. The van der Waals surface area contributed by atoms with Gasteiger partial charge in [0.15, 0.2) is 0 Å². The van der Waals surface area contributed by atoms with Gasteiger partial charge in [-0.25, -0.2) is 9.59 Å². The first-order chi connectivity index (χ1) is 8.20. The van der Waals surface area contributed by atoms with Crippen molar-refractivity contribution in [1.82, 2.24) is 0 Å². The fourth-order valence-electron chi connectivity index (χ4n) is 1.41. The highest BCUT2D eigenvalue weighted by Crippen LogP contribution is 2.37. The summed E-state index contributed by atoms with van der Waals surface area (Å²) >= 11 is 0. The van der Waals surface area contributed by atoms with E-state index in [0.717, 1.165) is 7.11 Å². The summed E-state index contributed by atoms with van der Waals surface area (Å²) in [6.07, 6.45) is -4.92. The Bertz CT molecular complexity index is 507. The number of carboxylic acid groups (broad SMARTS) is 2. The van der Waals surface area contributed by atoms with Crippen LogP contribution in [-0.4, -0.2) is 29.3 Å². The molecule has 0 aliphatic carbocycles. The maximum absolute atomic E-state index is 12.6. The molecule has 8 heteroatoms. The third-order valence-electron chi connectivity index (χ3n) is 2.11. The van der Waals surface area contributed by atoms with Gasteiger partial charge in [-0.3, -0.25) is 0 Å². The van der Waals surface area contributed by atoms with Crippen molar-refractivity contribution in [3.05, 3.63) is 28.8 Å². The van der Waals surface area contributed by atoms with E-state index in [1.54, 1.807) is 0 Å². The lowest BCUT2D eigenvalue weighted by molar-refractivity contribution is -0.138. The van der Waals surface area contributed by atoms with Crippen LogP contribution in [0.3, 0.4) is 0 Å². The standard InChI is InChI=1S/C10H7F3O5/c1-18-7-4(8(14)15)2-3-5(10(11,12)13)6(7)9(16)17/h2-3H,1H3,(H,14,15)(H,16,17). The SMILES string of the molecule is COc1c(C(=O)O)ccc(C(F)(F)F)c1C(=O)O. The van der Waals surface area contributed by atoms with Crippen molar-refractivity contribution in [3.63, 3.8) is 0 Å². The van der Waals surface area contributed by atoms with E-state index in [9.17, 15) is 22.8 Å². The molecular formula is C10H7F3O5. The smallest absolute Gasteiger partial charge is 0.417 e. The number of carbonyl (C=O) groups is 2. The van der Waals surface area contributed by atoms with Crippen molar-refractivity contribution < 1.29 is 37.7 Å². The number of ether oxygens (including phenoxy) is 1. The van der Waals surface area contributed by atoms with Gasteiger partial charge in [0.05, 0.1) is 12.7 Å². The van der Waals surface area contributed by atoms with Crippen LogP contribution < -0.4 is 4.74 Å². The molecule has 0 saturated heterocycles. The van der Waals surface area contributed by atoms with Crippen LogP contribution in [0.2, 0.25) is 0 Å². The Labute approximate surface area is 98.4 Å². The zero-order chi connectivity index (χ0) is 14.1. The molecule has 0 fully saturated rings. The average Bonchev–Trinajstić information content (AvgIpc) is 2.25. The van der Waals surface area contributed by atoms with Gasteiger partial charge in [0, 0.05) is 0 Å². The van der Waals surface area contributed by atoms with E-state index in [2.05, 4.69) is 4.74 Å². The number of rotatable bonds is 3. The van der Waals surface area contributed by atoms with Gasteiger partial charge in [0.1, 0.15) is 16.9 Å². The van der Waals surface area contributed by atoms with Gasteiger partial charge in [-0.05, 0) is 12.1 Å². The molecule has 0 saturated carbocycles. The predicted octanol–water partition coefficient (Wildman–Crippen LogP) is 2.11. The summed E-state index contributed by atoms with van der Waals surface area (Å²) in [4.78, 5) is 21.6. The molecule has 98 valence electrons. The molecule has 18 heavy (non-hydrogen) atoms. The number of hydrogen-bond donors (Lipinski definition) is 2. The molecule has 0 heterocycles. The molecule has 1 aromatic carbocycles. The minimum absolute atomic E-state index is 0.398. The largest absolute Gasteiger partial charge is 0.495 e. The Morgan fingerprint density at radius 3 is 2.06 bits per heavy atom. The minimum atomic E-state index is -4.92. The second-order valence-corrected chi connectivity index (χ2v) is 3.18. The number of hydrogen-bond acceptors (Lipinski definition) is 3. The van der Waals surface area contributed by atoms with E-state index < -0.39 is 40.6 Å². The van der Waals surface area contributed by atoms with Crippen molar-refractivity contribution >= 4 is 11.9 Å². The van der Waals surface area contributed by atoms with E-state index >= 15 is 0 Å². The van der Waals surface area contributed by atoms with Crippen LogP contribution in [0, 0.1) is 0 Å². The fraction of sp³-hybridized carbons (Fsp3) is 0.200. The molecule has 0 aromatic heterocycles. The van der Waals surface area contributed by atoms with Crippen LogP contribution in [-0.2, 0) is 6.18 Å². The second-order valence-electron chi connectivity index (χ2n) is 3.18. The molecule has 1 aromatic rings. The summed E-state index contributed by atoms with van der Waals surface area (Å²) in [5, 5.41) is 17.5. The Kier molecular flexibility index (Phi) is 3.49. The highest BCUT2D eigenvalue weighted by atomic mass is 19.4. The number of alkyl halides is 3. The van der Waals surface area contributed by atoms with Crippen LogP contribution in [0.5, 0.6) is 5.75 Å². The topological polar surface area (TPSA) is 83.8 Å². The first-order valence-electron chi connectivity index (χ1n) is 4.45. The third-order valence-corrected chi connectivity index (χ3v) is 2.11. The molecule has 0 aliphatic rings. The van der Waals surface area contributed by atoms with Crippen molar-refractivity contribution in [1.29, 1.82) is 0 Å². The van der Waals surface area contributed by atoms with Crippen molar-refractivity contribution in [2.45, 2.75) is 6.18 Å². The number of benzene rings is 1. The van der Waals surface area contributed by atoms with Gasteiger partial charge in [-0.15, -0.1) is 0 Å². The van der Waals surface area contributed by atoms with E-state index in [1.807, 2.05) is 0 Å². The Morgan fingerprint density at radius 2 is 1.72 bits per heavy atom. The van der Waals surface area contributed by atoms with Crippen molar-refractivity contribution in [2.24, 2.45) is 0 Å². The first-order valence-corrected chi connectivity index (χ1v) is 4.45. The summed E-state index contributed by atoms with van der Waals surface area (Å²) < 4.78 is 42.2. The van der Waals surface area contributed by atoms with Gasteiger partial charge in [-0.2, -0.15) is 13.2 Å². The summed E-state index contributed by atoms with van der Waals surface area (Å²) in [7, 11) is 0.897. The van der Waals surface area contributed by atoms with E-state index in [0.29, 0.717) is 12.1 Å².